The first kappa shape index (κ1) is 14.8. The summed E-state index contributed by atoms with van der Waals surface area (Å²) in [5, 5.41) is 15.5. The van der Waals surface area contributed by atoms with Gasteiger partial charge in [0, 0.05) is 18.7 Å². The molecule has 0 bridgehead atoms. The third-order valence-corrected chi connectivity index (χ3v) is 2.97. The molecule has 2 rings (SSSR count). The molecule has 0 unspecified atom stereocenters. The zero-order valence-electron chi connectivity index (χ0n) is 11.7. The molecule has 0 aliphatic rings. The monoisotopic (exact) mass is 287 g/mol. The fraction of sp³-hybridized carbons (Fsp3) is 0.267. The number of nitrogens with one attached hydrogen (secondary N) is 1. The topological polar surface area (TPSA) is 84.2 Å². The molecule has 0 aliphatic heterocycles. The highest BCUT2D eigenvalue weighted by Gasteiger charge is 2.12. The van der Waals surface area contributed by atoms with Crippen molar-refractivity contribution >= 4 is 11.9 Å². The molecule has 110 valence electrons. The molecule has 0 spiro atoms. The van der Waals surface area contributed by atoms with Crippen LogP contribution in [0.2, 0.25) is 0 Å². The first-order valence-electron chi connectivity index (χ1n) is 6.70. The molecule has 0 radical (unpaired) electrons. The number of benzene rings is 1. The van der Waals surface area contributed by atoms with Gasteiger partial charge in [-0.25, -0.2) is 4.68 Å². The van der Waals surface area contributed by atoms with E-state index in [1.165, 1.54) is 0 Å². The van der Waals surface area contributed by atoms with Crippen molar-refractivity contribution in [2.24, 2.45) is 0 Å². The van der Waals surface area contributed by atoms with E-state index < -0.39 is 5.97 Å². The Labute approximate surface area is 122 Å². The zero-order valence-corrected chi connectivity index (χ0v) is 11.7. The van der Waals surface area contributed by atoms with Gasteiger partial charge in [0.2, 0.25) is 0 Å². The van der Waals surface area contributed by atoms with Crippen LogP contribution in [0.1, 0.15) is 29.0 Å². The number of rotatable bonds is 6. The van der Waals surface area contributed by atoms with Crippen molar-refractivity contribution in [1.29, 1.82) is 0 Å². The van der Waals surface area contributed by atoms with Crippen LogP contribution in [-0.2, 0) is 4.79 Å². The molecule has 1 heterocycles. The van der Waals surface area contributed by atoms with Crippen molar-refractivity contribution in [3.63, 3.8) is 0 Å². The van der Waals surface area contributed by atoms with Gasteiger partial charge in [0.05, 0.1) is 5.69 Å². The SMILES string of the molecule is Cc1cc(C(=O)NCCCC(=O)O)nn1-c1ccccc1. The van der Waals surface area contributed by atoms with Gasteiger partial charge in [-0.2, -0.15) is 5.10 Å². The highest BCUT2D eigenvalue weighted by molar-refractivity contribution is 5.92. The van der Waals surface area contributed by atoms with E-state index in [4.69, 9.17) is 5.11 Å². The molecule has 6 nitrogen and oxygen atoms in total. The van der Waals surface area contributed by atoms with Crippen molar-refractivity contribution in [1.82, 2.24) is 15.1 Å². The number of carboxylic acids is 1. The summed E-state index contributed by atoms with van der Waals surface area (Å²) < 4.78 is 1.70. The van der Waals surface area contributed by atoms with Crippen LogP contribution < -0.4 is 5.32 Å². The molecule has 6 heteroatoms. The van der Waals surface area contributed by atoms with Gasteiger partial charge in [-0.3, -0.25) is 9.59 Å². The van der Waals surface area contributed by atoms with E-state index in [9.17, 15) is 9.59 Å². The maximum Gasteiger partial charge on any atom is 0.303 e. The average molecular weight is 287 g/mol. The number of carboxylic acid groups (broad SMARTS) is 1. The maximum atomic E-state index is 12.0. The lowest BCUT2D eigenvalue weighted by Crippen LogP contribution is -2.25. The van der Waals surface area contributed by atoms with Gasteiger partial charge in [0.15, 0.2) is 5.69 Å². The van der Waals surface area contributed by atoms with E-state index in [1.807, 2.05) is 37.3 Å². The van der Waals surface area contributed by atoms with Crippen LogP contribution in [0.5, 0.6) is 0 Å². The standard InChI is InChI=1S/C15H17N3O3/c1-11-10-13(15(21)16-9-5-8-14(19)20)17-18(11)12-6-3-2-4-7-12/h2-4,6-7,10H,5,8-9H2,1H3,(H,16,21)(H,19,20). The predicted octanol–water partition coefficient (Wildman–Crippen LogP) is 1.78. The number of carbonyl (C=O) groups is 2. The lowest BCUT2D eigenvalue weighted by molar-refractivity contribution is -0.137. The Bertz CT molecular complexity index is 635. The van der Waals surface area contributed by atoms with E-state index in [0.717, 1.165) is 11.4 Å². The van der Waals surface area contributed by atoms with E-state index in [0.29, 0.717) is 18.7 Å². The molecule has 1 aromatic carbocycles. The van der Waals surface area contributed by atoms with Crippen molar-refractivity contribution < 1.29 is 14.7 Å². The molecule has 2 aromatic rings. The average Bonchev–Trinajstić information content (AvgIpc) is 2.86. The molecule has 0 aliphatic carbocycles. The second kappa shape index (κ2) is 6.69. The minimum atomic E-state index is -0.867. The number of hydrogen-bond acceptors (Lipinski definition) is 3. The van der Waals surface area contributed by atoms with E-state index in [2.05, 4.69) is 10.4 Å². The van der Waals surface area contributed by atoms with Crippen LogP contribution in [0.4, 0.5) is 0 Å². The summed E-state index contributed by atoms with van der Waals surface area (Å²) in [5.41, 5.74) is 2.07. The van der Waals surface area contributed by atoms with Gasteiger partial charge >= 0.3 is 5.97 Å². The van der Waals surface area contributed by atoms with Gasteiger partial charge in [0.25, 0.3) is 5.91 Å². The molecule has 1 aromatic heterocycles. The number of amides is 1. The van der Waals surface area contributed by atoms with Crippen molar-refractivity contribution in [3.05, 3.63) is 47.8 Å². The Morgan fingerprint density at radius 1 is 1.29 bits per heavy atom. The Balaban J connectivity index is 2.01. The van der Waals surface area contributed by atoms with Gasteiger partial charge in [0.1, 0.15) is 0 Å². The normalized spacial score (nSPS) is 10.3. The minimum absolute atomic E-state index is 0.0394. The fourth-order valence-corrected chi connectivity index (χ4v) is 1.95. The molecule has 2 N–H and O–H groups in total. The molecular formula is C15H17N3O3. The van der Waals surface area contributed by atoms with Gasteiger partial charge in [-0.15, -0.1) is 0 Å². The van der Waals surface area contributed by atoms with E-state index in [-0.39, 0.29) is 12.3 Å². The molecule has 21 heavy (non-hydrogen) atoms. The first-order chi connectivity index (χ1) is 10.1. The molecular weight excluding hydrogens is 270 g/mol. The second-order valence-electron chi connectivity index (χ2n) is 4.67. The van der Waals surface area contributed by atoms with Crippen LogP contribution in [-0.4, -0.2) is 33.3 Å². The van der Waals surface area contributed by atoms with E-state index >= 15 is 0 Å². The van der Waals surface area contributed by atoms with Crippen LogP contribution in [0.3, 0.4) is 0 Å². The third kappa shape index (κ3) is 3.92. The number of carbonyl (C=O) groups excluding carboxylic acids is 1. The Hall–Kier alpha value is -2.63. The van der Waals surface area contributed by atoms with E-state index in [1.54, 1.807) is 10.7 Å². The van der Waals surface area contributed by atoms with Crippen molar-refractivity contribution in [3.8, 4) is 5.69 Å². The molecule has 0 saturated carbocycles. The van der Waals surface area contributed by atoms with Crippen LogP contribution in [0.25, 0.3) is 5.69 Å². The minimum Gasteiger partial charge on any atom is -0.481 e. The molecule has 1 amide bonds. The third-order valence-electron chi connectivity index (χ3n) is 2.97. The van der Waals surface area contributed by atoms with Gasteiger partial charge < -0.3 is 10.4 Å². The number of para-hydroxylation sites is 1. The number of nitrogens with zero attached hydrogens (tertiary/aromatic N) is 2. The maximum absolute atomic E-state index is 12.0. The summed E-state index contributed by atoms with van der Waals surface area (Å²) in [6, 6.07) is 11.3. The molecule has 0 saturated heterocycles. The lowest BCUT2D eigenvalue weighted by Gasteiger charge is -2.03. The summed E-state index contributed by atoms with van der Waals surface area (Å²) in [7, 11) is 0. The van der Waals surface area contributed by atoms with Crippen molar-refractivity contribution in [2.45, 2.75) is 19.8 Å². The van der Waals surface area contributed by atoms with Crippen molar-refractivity contribution in [2.75, 3.05) is 6.54 Å². The summed E-state index contributed by atoms with van der Waals surface area (Å²) >= 11 is 0. The zero-order chi connectivity index (χ0) is 15.2. The summed E-state index contributed by atoms with van der Waals surface area (Å²) in [6.07, 6.45) is 0.442. The largest absolute Gasteiger partial charge is 0.481 e. The molecule has 0 atom stereocenters. The number of aliphatic carboxylic acids is 1. The highest BCUT2D eigenvalue weighted by atomic mass is 16.4. The predicted molar refractivity (Wildman–Crippen MR) is 77.5 cm³/mol. The smallest absolute Gasteiger partial charge is 0.303 e. The quantitative estimate of drug-likeness (QED) is 0.793. The summed E-state index contributed by atoms with van der Waals surface area (Å²) in [6.45, 7) is 2.20. The van der Waals surface area contributed by atoms with Gasteiger partial charge in [-0.1, -0.05) is 18.2 Å². The Morgan fingerprint density at radius 3 is 2.67 bits per heavy atom. The van der Waals surface area contributed by atoms with Gasteiger partial charge in [-0.05, 0) is 31.5 Å². The lowest BCUT2D eigenvalue weighted by atomic mass is 10.3. The number of hydrogen-bond donors (Lipinski definition) is 2. The highest BCUT2D eigenvalue weighted by Crippen LogP contribution is 2.11. The second-order valence-corrected chi connectivity index (χ2v) is 4.67. The number of aryl methyl sites for hydroxylation is 1. The first-order valence-corrected chi connectivity index (χ1v) is 6.70. The Kier molecular flexibility index (Phi) is 4.71. The van der Waals surface area contributed by atoms with Crippen LogP contribution in [0, 0.1) is 6.92 Å². The molecule has 0 fully saturated rings. The fourth-order valence-electron chi connectivity index (χ4n) is 1.95. The van der Waals surface area contributed by atoms with Crippen LogP contribution >= 0.6 is 0 Å². The Morgan fingerprint density at radius 2 is 2.00 bits per heavy atom. The van der Waals surface area contributed by atoms with Crippen LogP contribution in [0.15, 0.2) is 36.4 Å². The summed E-state index contributed by atoms with van der Waals surface area (Å²) in [5.74, 6) is -1.16. The number of aromatic nitrogens is 2. The summed E-state index contributed by atoms with van der Waals surface area (Å²) in [4.78, 5) is 22.3.